The van der Waals surface area contributed by atoms with Gasteiger partial charge in [0.25, 0.3) is 0 Å². The summed E-state index contributed by atoms with van der Waals surface area (Å²) in [6.07, 6.45) is 5.55. The van der Waals surface area contributed by atoms with Gasteiger partial charge in [0.2, 0.25) is 0 Å². The molecule has 0 spiro atoms. The van der Waals surface area contributed by atoms with Crippen molar-refractivity contribution < 1.29 is 0 Å². The van der Waals surface area contributed by atoms with Crippen LogP contribution in [0.2, 0.25) is 0 Å². The summed E-state index contributed by atoms with van der Waals surface area (Å²) in [6, 6.07) is 0. The lowest BCUT2D eigenvalue weighted by Crippen LogP contribution is -2.23. The zero-order valence-electron chi connectivity index (χ0n) is 7.04. The first kappa shape index (κ1) is 9.40. The first-order valence-corrected chi connectivity index (χ1v) is 5.49. The third kappa shape index (κ3) is 1.72. The lowest BCUT2D eigenvalue weighted by Gasteiger charge is -2.26. The SMILES string of the molecule is CC1C=C(Cl)C=C2N=CN=C(I)C21. The van der Waals surface area contributed by atoms with Gasteiger partial charge in [0, 0.05) is 5.03 Å². The van der Waals surface area contributed by atoms with Gasteiger partial charge in [0.15, 0.2) is 0 Å². The Morgan fingerprint density at radius 2 is 2.31 bits per heavy atom. The number of nitrogens with zero attached hydrogens (tertiary/aromatic N) is 2. The highest BCUT2D eigenvalue weighted by Gasteiger charge is 2.28. The number of hydrogen-bond acceptors (Lipinski definition) is 2. The Kier molecular flexibility index (Phi) is 2.55. The van der Waals surface area contributed by atoms with Crippen LogP contribution in [-0.4, -0.2) is 10.1 Å². The van der Waals surface area contributed by atoms with Gasteiger partial charge in [-0.15, -0.1) is 0 Å². The van der Waals surface area contributed by atoms with Crippen LogP contribution in [-0.2, 0) is 0 Å². The van der Waals surface area contributed by atoms with E-state index in [0.717, 1.165) is 14.4 Å². The zero-order valence-corrected chi connectivity index (χ0v) is 9.95. The molecule has 0 saturated heterocycles. The molecule has 0 saturated carbocycles. The molecular weight excluding hydrogens is 298 g/mol. The normalized spacial score (nSPS) is 31.8. The predicted molar refractivity (Wildman–Crippen MR) is 64.6 cm³/mol. The van der Waals surface area contributed by atoms with E-state index in [1.54, 1.807) is 6.34 Å². The molecule has 0 amide bonds. The second-order valence-electron chi connectivity index (χ2n) is 3.15. The lowest BCUT2D eigenvalue weighted by atomic mass is 9.88. The first-order chi connectivity index (χ1) is 6.18. The minimum Gasteiger partial charge on any atom is -0.241 e. The van der Waals surface area contributed by atoms with E-state index >= 15 is 0 Å². The van der Waals surface area contributed by atoms with Gasteiger partial charge in [-0.2, -0.15) is 0 Å². The molecule has 0 radical (unpaired) electrons. The van der Waals surface area contributed by atoms with Gasteiger partial charge in [-0.3, -0.25) is 0 Å². The van der Waals surface area contributed by atoms with Crippen LogP contribution < -0.4 is 0 Å². The second-order valence-corrected chi connectivity index (χ2v) is 4.70. The fourth-order valence-electron chi connectivity index (χ4n) is 1.58. The van der Waals surface area contributed by atoms with Crippen molar-refractivity contribution in [1.82, 2.24) is 0 Å². The molecule has 0 fully saturated rings. The van der Waals surface area contributed by atoms with E-state index in [0.29, 0.717) is 11.8 Å². The highest BCUT2D eigenvalue weighted by Crippen LogP contribution is 2.35. The van der Waals surface area contributed by atoms with Crippen molar-refractivity contribution in [2.75, 3.05) is 0 Å². The van der Waals surface area contributed by atoms with Crippen LogP contribution >= 0.6 is 34.2 Å². The average molecular weight is 307 g/mol. The fraction of sp³-hybridized carbons (Fsp3) is 0.333. The van der Waals surface area contributed by atoms with E-state index < -0.39 is 0 Å². The number of fused-ring (bicyclic) bond motifs is 1. The maximum absolute atomic E-state index is 5.95. The van der Waals surface area contributed by atoms with E-state index in [9.17, 15) is 0 Å². The quantitative estimate of drug-likeness (QED) is 0.614. The standard InChI is InChI=1S/C9H8ClIN2/c1-5-2-6(10)3-7-8(5)9(11)13-4-12-7/h2-5,8H,1H3. The maximum atomic E-state index is 5.95. The van der Waals surface area contributed by atoms with Gasteiger partial charge < -0.3 is 0 Å². The molecule has 2 atom stereocenters. The fourth-order valence-corrected chi connectivity index (χ4v) is 2.90. The number of aliphatic imine (C=N–C) groups is 2. The van der Waals surface area contributed by atoms with Crippen LogP contribution in [0.15, 0.2) is 32.9 Å². The molecular formula is C9H8ClIN2. The minimum absolute atomic E-state index is 0.313. The van der Waals surface area contributed by atoms with Crippen LogP contribution in [0, 0.1) is 11.8 Å². The largest absolute Gasteiger partial charge is 0.241 e. The van der Waals surface area contributed by atoms with Crippen LogP contribution in [0.5, 0.6) is 0 Å². The predicted octanol–water partition coefficient (Wildman–Crippen LogP) is 3.13. The molecule has 1 aliphatic heterocycles. The Balaban J connectivity index is 2.42. The summed E-state index contributed by atoms with van der Waals surface area (Å²) in [5.74, 6) is 0.702. The summed E-state index contributed by atoms with van der Waals surface area (Å²) >= 11 is 8.21. The third-order valence-electron chi connectivity index (χ3n) is 2.20. The van der Waals surface area contributed by atoms with E-state index in [1.165, 1.54) is 0 Å². The monoisotopic (exact) mass is 306 g/mol. The molecule has 0 aromatic heterocycles. The number of allylic oxidation sites excluding steroid dienone is 4. The van der Waals surface area contributed by atoms with Gasteiger partial charge in [0.05, 0.1) is 15.3 Å². The maximum Gasteiger partial charge on any atom is 0.116 e. The summed E-state index contributed by atoms with van der Waals surface area (Å²) in [5.41, 5.74) is 1.03. The average Bonchev–Trinajstić information content (AvgIpc) is 2.02. The highest BCUT2D eigenvalue weighted by atomic mass is 127. The van der Waals surface area contributed by atoms with E-state index in [2.05, 4.69) is 39.5 Å². The van der Waals surface area contributed by atoms with Crippen molar-refractivity contribution in [3.63, 3.8) is 0 Å². The second kappa shape index (κ2) is 3.53. The molecule has 2 nitrogen and oxygen atoms in total. The Hall–Kier alpha value is -0.160. The Bertz CT molecular complexity index is 355. The van der Waals surface area contributed by atoms with Crippen molar-refractivity contribution in [1.29, 1.82) is 0 Å². The molecule has 13 heavy (non-hydrogen) atoms. The third-order valence-corrected chi connectivity index (χ3v) is 3.38. The molecule has 4 heteroatoms. The van der Waals surface area contributed by atoms with Crippen molar-refractivity contribution in [3.8, 4) is 0 Å². The van der Waals surface area contributed by atoms with Crippen molar-refractivity contribution >= 4 is 44.2 Å². The number of halogens is 2. The smallest absolute Gasteiger partial charge is 0.116 e. The van der Waals surface area contributed by atoms with E-state index in [1.807, 2.05) is 12.2 Å². The summed E-state index contributed by atoms with van der Waals surface area (Å²) < 4.78 is 1.09. The van der Waals surface area contributed by atoms with Crippen LogP contribution in [0.3, 0.4) is 0 Å². The summed E-state index contributed by atoms with van der Waals surface area (Å²) in [7, 11) is 0. The molecule has 1 aliphatic carbocycles. The number of hydrogen-bond donors (Lipinski definition) is 0. The van der Waals surface area contributed by atoms with Gasteiger partial charge in [-0.05, 0) is 34.6 Å². The van der Waals surface area contributed by atoms with Crippen molar-refractivity contribution in [3.05, 3.63) is 22.9 Å². The lowest BCUT2D eigenvalue weighted by molar-refractivity contribution is 0.604. The van der Waals surface area contributed by atoms with Crippen LogP contribution in [0.4, 0.5) is 0 Å². The molecule has 0 aromatic carbocycles. The highest BCUT2D eigenvalue weighted by molar-refractivity contribution is 14.1. The Morgan fingerprint density at radius 1 is 1.54 bits per heavy atom. The first-order valence-electron chi connectivity index (χ1n) is 4.03. The molecule has 2 rings (SSSR count). The van der Waals surface area contributed by atoms with Crippen LogP contribution in [0.25, 0.3) is 0 Å². The van der Waals surface area contributed by atoms with Crippen molar-refractivity contribution in [2.45, 2.75) is 6.92 Å². The van der Waals surface area contributed by atoms with Gasteiger partial charge in [-0.25, -0.2) is 9.98 Å². The van der Waals surface area contributed by atoms with Gasteiger partial charge >= 0.3 is 0 Å². The van der Waals surface area contributed by atoms with E-state index in [-0.39, 0.29) is 0 Å². The molecule has 0 bridgehead atoms. The molecule has 2 unspecified atom stereocenters. The van der Waals surface area contributed by atoms with E-state index in [4.69, 9.17) is 11.6 Å². The molecule has 1 heterocycles. The Morgan fingerprint density at radius 3 is 3.08 bits per heavy atom. The summed E-state index contributed by atoms with van der Waals surface area (Å²) in [5, 5.41) is 0.780. The Labute approximate surface area is 95.6 Å². The topological polar surface area (TPSA) is 24.7 Å². The van der Waals surface area contributed by atoms with Gasteiger partial charge in [0.1, 0.15) is 6.34 Å². The summed E-state index contributed by atoms with van der Waals surface area (Å²) in [4.78, 5) is 8.41. The summed E-state index contributed by atoms with van der Waals surface area (Å²) in [6.45, 7) is 2.13. The van der Waals surface area contributed by atoms with Crippen molar-refractivity contribution in [2.24, 2.45) is 21.8 Å². The molecule has 0 N–H and O–H groups in total. The molecule has 2 aliphatic rings. The molecule has 68 valence electrons. The minimum atomic E-state index is 0.313. The van der Waals surface area contributed by atoms with Gasteiger partial charge in [-0.1, -0.05) is 24.6 Å². The molecule has 0 aromatic rings. The van der Waals surface area contributed by atoms with Crippen LogP contribution in [0.1, 0.15) is 6.92 Å². The zero-order chi connectivity index (χ0) is 9.42. The number of rotatable bonds is 0.